The molecule has 0 aliphatic heterocycles. The van der Waals surface area contributed by atoms with Crippen LogP contribution in [-0.4, -0.2) is 0 Å². The lowest BCUT2D eigenvalue weighted by molar-refractivity contribution is 0.598. The summed E-state index contributed by atoms with van der Waals surface area (Å²) in [6, 6.07) is 8.03. The van der Waals surface area contributed by atoms with Gasteiger partial charge in [-0.05, 0) is 24.0 Å². The van der Waals surface area contributed by atoms with Crippen LogP contribution in [0.15, 0.2) is 24.3 Å². The molecule has 0 saturated heterocycles. The number of nitrogens with two attached hydrogens (primary N) is 2. The highest BCUT2D eigenvalue weighted by molar-refractivity contribution is 5.48. The van der Waals surface area contributed by atoms with E-state index in [0.717, 1.165) is 23.6 Å². The molecule has 2 heteroatoms. The lowest BCUT2D eigenvalue weighted by Gasteiger charge is -2.13. The van der Waals surface area contributed by atoms with Gasteiger partial charge in [0.05, 0.1) is 0 Å². The fourth-order valence-electron chi connectivity index (χ4n) is 1.69. The monoisotopic (exact) mass is 176 g/mol. The molecule has 0 radical (unpaired) electrons. The Labute approximate surface area is 78.9 Å². The van der Waals surface area contributed by atoms with E-state index in [2.05, 4.69) is 0 Å². The molecule has 1 aromatic carbocycles. The number of anilines is 1. The van der Waals surface area contributed by atoms with Gasteiger partial charge >= 0.3 is 0 Å². The summed E-state index contributed by atoms with van der Waals surface area (Å²) in [5, 5.41) is 0. The fourth-order valence-corrected chi connectivity index (χ4v) is 1.69. The minimum absolute atomic E-state index is 0.133. The van der Waals surface area contributed by atoms with Gasteiger partial charge in [-0.1, -0.05) is 31.0 Å². The van der Waals surface area contributed by atoms with Gasteiger partial charge in [0, 0.05) is 11.7 Å². The van der Waals surface area contributed by atoms with Crippen LogP contribution >= 0.6 is 0 Å². The fraction of sp³-hybridized carbons (Fsp3) is 0.455. The lowest BCUT2D eigenvalue weighted by Crippen LogP contribution is -2.12. The number of hydrogen-bond donors (Lipinski definition) is 2. The van der Waals surface area contributed by atoms with Crippen LogP contribution in [0.1, 0.15) is 30.9 Å². The maximum Gasteiger partial charge on any atom is 0.0362 e. The minimum Gasteiger partial charge on any atom is -0.398 e. The number of para-hydroxylation sites is 1. The highest BCUT2D eigenvalue weighted by Gasteiger charge is 2.24. The molecular formula is C11H16N2. The first-order chi connectivity index (χ1) is 6.27. The zero-order chi connectivity index (χ0) is 9.26. The molecule has 2 rings (SSSR count). The molecule has 4 N–H and O–H groups in total. The molecule has 13 heavy (non-hydrogen) atoms. The van der Waals surface area contributed by atoms with Crippen molar-refractivity contribution in [2.45, 2.75) is 25.3 Å². The Kier molecular flexibility index (Phi) is 2.23. The Bertz CT molecular complexity index is 292. The largest absolute Gasteiger partial charge is 0.398 e. The number of rotatable bonds is 3. The minimum atomic E-state index is 0.133. The molecule has 0 heterocycles. The Balaban J connectivity index is 2.09. The molecule has 70 valence electrons. The topological polar surface area (TPSA) is 52.0 Å². The van der Waals surface area contributed by atoms with Gasteiger partial charge in [0.1, 0.15) is 0 Å². The average Bonchev–Trinajstić information content (AvgIpc) is 2.89. The van der Waals surface area contributed by atoms with E-state index in [9.17, 15) is 0 Å². The molecule has 0 bridgehead atoms. The van der Waals surface area contributed by atoms with Gasteiger partial charge in [0.15, 0.2) is 0 Å². The second-order valence-electron chi connectivity index (χ2n) is 3.91. The first kappa shape index (κ1) is 8.57. The third-order valence-electron chi connectivity index (χ3n) is 2.68. The Morgan fingerprint density at radius 1 is 1.31 bits per heavy atom. The van der Waals surface area contributed by atoms with E-state index >= 15 is 0 Å². The van der Waals surface area contributed by atoms with Crippen molar-refractivity contribution >= 4 is 5.69 Å². The van der Waals surface area contributed by atoms with Crippen molar-refractivity contribution in [2.24, 2.45) is 11.7 Å². The van der Waals surface area contributed by atoms with Crippen LogP contribution in [0.4, 0.5) is 5.69 Å². The summed E-state index contributed by atoms with van der Waals surface area (Å²) in [5.74, 6) is 0.856. The smallest absolute Gasteiger partial charge is 0.0362 e. The van der Waals surface area contributed by atoms with Gasteiger partial charge in [-0.2, -0.15) is 0 Å². The van der Waals surface area contributed by atoms with E-state index in [4.69, 9.17) is 11.5 Å². The standard InChI is InChI=1S/C11H16N2/c12-10-4-2-1-3-9(10)11(13)7-8-5-6-8/h1-4,8,11H,5-7,12-13H2. The number of nitrogen functional groups attached to an aromatic ring is 1. The summed E-state index contributed by atoms with van der Waals surface area (Å²) in [4.78, 5) is 0. The molecule has 0 spiro atoms. The molecule has 0 aromatic heterocycles. The van der Waals surface area contributed by atoms with Crippen molar-refractivity contribution in [1.29, 1.82) is 0 Å². The van der Waals surface area contributed by atoms with Crippen LogP contribution in [-0.2, 0) is 0 Å². The van der Waals surface area contributed by atoms with Crippen LogP contribution in [0.25, 0.3) is 0 Å². The molecule has 1 aliphatic rings. The number of benzene rings is 1. The Morgan fingerprint density at radius 3 is 2.62 bits per heavy atom. The van der Waals surface area contributed by atoms with E-state index in [1.807, 2.05) is 24.3 Å². The zero-order valence-electron chi connectivity index (χ0n) is 7.74. The second-order valence-corrected chi connectivity index (χ2v) is 3.91. The summed E-state index contributed by atoms with van der Waals surface area (Å²) in [7, 11) is 0. The lowest BCUT2D eigenvalue weighted by atomic mass is 10.0. The number of hydrogen-bond acceptors (Lipinski definition) is 2. The predicted octanol–water partition coefficient (Wildman–Crippen LogP) is 2.07. The van der Waals surface area contributed by atoms with E-state index in [1.54, 1.807) is 0 Å². The normalized spacial score (nSPS) is 18.5. The zero-order valence-corrected chi connectivity index (χ0v) is 7.74. The molecule has 0 amide bonds. The second kappa shape index (κ2) is 3.38. The van der Waals surface area contributed by atoms with Gasteiger partial charge < -0.3 is 11.5 Å². The van der Waals surface area contributed by atoms with E-state index < -0.39 is 0 Å². The first-order valence-corrected chi connectivity index (χ1v) is 4.87. The summed E-state index contributed by atoms with van der Waals surface area (Å²) in [6.07, 6.45) is 3.79. The third-order valence-corrected chi connectivity index (χ3v) is 2.68. The van der Waals surface area contributed by atoms with Crippen LogP contribution < -0.4 is 11.5 Å². The van der Waals surface area contributed by atoms with Gasteiger partial charge in [-0.3, -0.25) is 0 Å². The third kappa shape index (κ3) is 2.01. The van der Waals surface area contributed by atoms with Gasteiger partial charge in [-0.25, -0.2) is 0 Å². The molecule has 1 unspecified atom stereocenters. The Hall–Kier alpha value is -1.02. The van der Waals surface area contributed by atoms with Crippen molar-refractivity contribution in [3.63, 3.8) is 0 Å². The summed E-state index contributed by atoms with van der Waals surface area (Å²) in [5.41, 5.74) is 13.8. The molecule has 1 fully saturated rings. The highest BCUT2D eigenvalue weighted by atomic mass is 14.7. The quantitative estimate of drug-likeness (QED) is 0.693. The van der Waals surface area contributed by atoms with E-state index in [0.29, 0.717) is 0 Å². The Morgan fingerprint density at radius 2 is 2.00 bits per heavy atom. The SMILES string of the molecule is Nc1ccccc1C(N)CC1CC1. The van der Waals surface area contributed by atoms with Gasteiger partial charge in [-0.15, -0.1) is 0 Å². The molecule has 1 atom stereocenters. The van der Waals surface area contributed by atoms with Crippen molar-refractivity contribution < 1.29 is 0 Å². The van der Waals surface area contributed by atoms with Crippen LogP contribution in [0.2, 0.25) is 0 Å². The maximum atomic E-state index is 6.06. The van der Waals surface area contributed by atoms with Crippen LogP contribution in [0.3, 0.4) is 0 Å². The van der Waals surface area contributed by atoms with Crippen LogP contribution in [0.5, 0.6) is 0 Å². The maximum absolute atomic E-state index is 6.06. The van der Waals surface area contributed by atoms with E-state index in [-0.39, 0.29) is 6.04 Å². The van der Waals surface area contributed by atoms with Crippen molar-refractivity contribution in [3.8, 4) is 0 Å². The summed E-state index contributed by atoms with van der Waals surface area (Å²) in [6.45, 7) is 0. The van der Waals surface area contributed by atoms with Crippen molar-refractivity contribution in [3.05, 3.63) is 29.8 Å². The van der Waals surface area contributed by atoms with Crippen molar-refractivity contribution in [1.82, 2.24) is 0 Å². The molecule has 1 aliphatic carbocycles. The van der Waals surface area contributed by atoms with E-state index in [1.165, 1.54) is 12.8 Å². The summed E-state index contributed by atoms with van der Waals surface area (Å²) >= 11 is 0. The summed E-state index contributed by atoms with van der Waals surface area (Å²) < 4.78 is 0. The van der Waals surface area contributed by atoms with Gasteiger partial charge in [0.2, 0.25) is 0 Å². The molecule has 1 saturated carbocycles. The first-order valence-electron chi connectivity index (χ1n) is 4.87. The predicted molar refractivity (Wildman–Crippen MR) is 55.1 cm³/mol. The van der Waals surface area contributed by atoms with Gasteiger partial charge in [0.25, 0.3) is 0 Å². The molecule has 1 aromatic rings. The van der Waals surface area contributed by atoms with Crippen LogP contribution in [0, 0.1) is 5.92 Å². The average molecular weight is 176 g/mol. The highest BCUT2D eigenvalue weighted by Crippen LogP contribution is 2.37. The molecular weight excluding hydrogens is 160 g/mol. The van der Waals surface area contributed by atoms with Crippen molar-refractivity contribution in [2.75, 3.05) is 5.73 Å². The molecule has 2 nitrogen and oxygen atoms in total.